The molecular formula is C27H32N4O2. The van der Waals surface area contributed by atoms with E-state index in [1.165, 1.54) is 45.2 Å². The van der Waals surface area contributed by atoms with Crippen molar-refractivity contribution in [3.63, 3.8) is 0 Å². The Morgan fingerprint density at radius 1 is 1.21 bits per heavy atom. The third-order valence-corrected chi connectivity index (χ3v) is 6.93. The number of aromatic nitrogens is 1. The lowest BCUT2D eigenvalue weighted by atomic mass is 9.92. The third-order valence-electron chi connectivity index (χ3n) is 6.93. The highest BCUT2D eigenvalue weighted by Gasteiger charge is 2.24. The van der Waals surface area contributed by atoms with Gasteiger partial charge >= 0.3 is 0 Å². The van der Waals surface area contributed by atoms with Crippen LogP contribution in [0.3, 0.4) is 0 Å². The van der Waals surface area contributed by atoms with Gasteiger partial charge in [0.15, 0.2) is 0 Å². The van der Waals surface area contributed by atoms with Crippen molar-refractivity contribution < 1.29 is 9.59 Å². The van der Waals surface area contributed by atoms with Gasteiger partial charge in [-0.1, -0.05) is 23.8 Å². The average Bonchev–Trinajstić information content (AvgIpc) is 3.47. The van der Waals surface area contributed by atoms with E-state index in [1.54, 1.807) is 5.57 Å². The molecule has 3 aliphatic rings. The molecule has 5 rings (SSSR count). The summed E-state index contributed by atoms with van der Waals surface area (Å²) in [7, 11) is 0. The van der Waals surface area contributed by atoms with Gasteiger partial charge in [-0.05, 0) is 81.3 Å². The molecule has 2 fully saturated rings. The van der Waals surface area contributed by atoms with Crippen molar-refractivity contribution in [2.75, 3.05) is 25.0 Å². The Labute approximate surface area is 195 Å². The van der Waals surface area contributed by atoms with Gasteiger partial charge in [0.2, 0.25) is 0 Å². The summed E-state index contributed by atoms with van der Waals surface area (Å²) in [5.74, 6) is 0.554. The van der Waals surface area contributed by atoms with E-state index in [9.17, 15) is 9.59 Å². The van der Waals surface area contributed by atoms with Crippen LogP contribution in [0.4, 0.5) is 5.69 Å². The molecule has 0 radical (unpaired) electrons. The number of nitrogens with one attached hydrogen (secondary N) is 3. The number of hydrogen-bond acceptors (Lipinski definition) is 3. The van der Waals surface area contributed by atoms with E-state index >= 15 is 0 Å². The highest BCUT2D eigenvalue weighted by atomic mass is 16.2. The third kappa shape index (κ3) is 5.05. The molecule has 0 unspecified atom stereocenters. The molecule has 0 spiro atoms. The molecule has 172 valence electrons. The van der Waals surface area contributed by atoms with E-state index in [4.69, 9.17) is 0 Å². The van der Waals surface area contributed by atoms with Crippen molar-refractivity contribution in [3.05, 3.63) is 64.6 Å². The molecule has 1 aromatic heterocycles. The second-order valence-corrected chi connectivity index (χ2v) is 9.50. The number of likely N-dealkylation sites (tertiary alicyclic amines) is 1. The second kappa shape index (κ2) is 9.30. The number of aromatic amines is 1. The molecule has 6 heteroatoms. The smallest absolute Gasteiger partial charge is 0.267 e. The minimum atomic E-state index is -0.119. The van der Waals surface area contributed by atoms with E-state index in [2.05, 4.69) is 26.7 Å². The van der Waals surface area contributed by atoms with Crippen LogP contribution in [0.25, 0.3) is 11.6 Å². The van der Waals surface area contributed by atoms with Crippen LogP contribution >= 0.6 is 0 Å². The Kier molecular flexibility index (Phi) is 6.07. The molecule has 2 amide bonds. The lowest BCUT2D eigenvalue weighted by Crippen LogP contribution is -2.30. The fourth-order valence-corrected chi connectivity index (χ4v) is 4.79. The Morgan fingerprint density at radius 3 is 2.79 bits per heavy atom. The maximum Gasteiger partial charge on any atom is 0.267 e. The van der Waals surface area contributed by atoms with E-state index in [1.807, 2.05) is 43.3 Å². The Hall–Kier alpha value is -3.28. The molecule has 2 aromatic rings. The number of amides is 2. The maximum absolute atomic E-state index is 12.7. The minimum absolute atomic E-state index is 0.0927. The van der Waals surface area contributed by atoms with Crippen LogP contribution in [-0.2, 0) is 4.79 Å². The van der Waals surface area contributed by atoms with Crippen LogP contribution in [-0.4, -0.2) is 41.3 Å². The van der Waals surface area contributed by atoms with Gasteiger partial charge in [-0.3, -0.25) is 9.59 Å². The molecule has 6 nitrogen and oxygen atoms in total. The first-order valence-corrected chi connectivity index (χ1v) is 12.1. The number of benzene rings is 1. The number of nitrogens with zero attached hydrogens (tertiary/aromatic N) is 1. The number of rotatable bonds is 7. The van der Waals surface area contributed by atoms with Crippen LogP contribution in [0.2, 0.25) is 0 Å². The lowest BCUT2D eigenvalue weighted by Gasteiger charge is -2.31. The monoisotopic (exact) mass is 444 g/mol. The Bertz CT molecular complexity index is 1110. The lowest BCUT2D eigenvalue weighted by molar-refractivity contribution is -0.110. The summed E-state index contributed by atoms with van der Waals surface area (Å²) in [4.78, 5) is 30.7. The van der Waals surface area contributed by atoms with Crippen LogP contribution in [0, 0.1) is 12.8 Å². The van der Waals surface area contributed by atoms with Gasteiger partial charge in [0.25, 0.3) is 11.8 Å². The number of H-pyrrole nitrogens is 1. The number of fused-ring (bicyclic) bond motifs is 1. The highest BCUT2D eigenvalue weighted by molar-refractivity contribution is 6.34. The summed E-state index contributed by atoms with van der Waals surface area (Å²) in [6.07, 6.45) is 11.5. The quantitative estimate of drug-likeness (QED) is 0.427. The summed E-state index contributed by atoms with van der Waals surface area (Å²) < 4.78 is 0. The SMILES string of the molecule is Cc1cc(C(=O)NCCCC2CCN(C=C3CC3)CC2)[nH]c1/C=C1\C(=O)Nc2ccccc21. The molecule has 1 aromatic carbocycles. The summed E-state index contributed by atoms with van der Waals surface area (Å²) in [6.45, 7) is 4.98. The van der Waals surface area contributed by atoms with Gasteiger partial charge in [-0.15, -0.1) is 0 Å². The molecule has 1 saturated carbocycles. The van der Waals surface area contributed by atoms with Crippen LogP contribution in [0.15, 0.2) is 42.1 Å². The van der Waals surface area contributed by atoms with Crippen molar-refractivity contribution >= 4 is 29.2 Å². The summed E-state index contributed by atoms with van der Waals surface area (Å²) >= 11 is 0. The number of para-hydroxylation sites is 1. The van der Waals surface area contributed by atoms with Crippen LogP contribution in [0.1, 0.15) is 65.8 Å². The molecule has 3 N–H and O–H groups in total. The number of piperidine rings is 1. The number of carbonyl (C=O) groups excluding carboxylic acids is 2. The van der Waals surface area contributed by atoms with Crippen molar-refractivity contribution in [1.82, 2.24) is 15.2 Å². The second-order valence-electron chi connectivity index (χ2n) is 9.50. The maximum atomic E-state index is 12.7. The zero-order valence-corrected chi connectivity index (χ0v) is 19.2. The van der Waals surface area contributed by atoms with Gasteiger partial charge in [0, 0.05) is 36.6 Å². The Balaban J connectivity index is 1.11. The minimum Gasteiger partial charge on any atom is -0.377 e. The van der Waals surface area contributed by atoms with Gasteiger partial charge < -0.3 is 20.5 Å². The number of hydrogen-bond donors (Lipinski definition) is 3. The zero-order valence-electron chi connectivity index (χ0n) is 19.2. The fraction of sp³-hybridized carbons (Fsp3) is 0.407. The number of aryl methyl sites for hydroxylation is 1. The topological polar surface area (TPSA) is 77.2 Å². The summed E-state index contributed by atoms with van der Waals surface area (Å²) in [5.41, 5.74) is 6.19. The highest BCUT2D eigenvalue weighted by Crippen LogP contribution is 2.33. The normalized spacial score (nSPS) is 18.9. The average molecular weight is 445 g/mol. The standard InChI is InChI=1S/C27H32N4O2/c1-18-15-25(29-24(18)16-22-21-6-2-3-7-23(21)30-26(22)32)27(33)28-12-4-5-19-10-13-31(14-11-19)17-20-8-9-20/h2-3,6-7,15-17,19,29H,4-5,8-14H2,1H3,(H,28,33)(H,30,32)/b22-16-. The molecule has 0 atom stereocenters. The fourth-order valence-electron chi connectivity index (χ4n) is 4.79. The van der Waals surface area contributed by atoms with E-state index in [0.717, 1.165) is 34.8 Å². The van der Waals surface area contributed by atoms with Gasteiger partial charge in [0.1, 0.15) is 5.69 Å². The van der Waals surface area contributed by atoms with Gasteiger partial charge in [-0.2, -0.15) is 0 Å². The zero-order chi connectivity index (χ0) is 22.8. The van der Waals surface area contributed by atoms with Gasteiger partial charge in [-0.25, -0.2) is 0 Å². The van der Waals surface area contributed by atoms with E-state index in [-0.39, 0.29) is 11.8 Å². The summed E-state index contributed by atoms with van der Waals surface area (Å²) in [6, 6.07) is 9.50. The molecule has 3 heterocycles. The van der Waals surface area contributed by atoms with Crippen molar-refractivity contribution in [3.8, 4) is 0 Å². The summed E-state index contributed by atoms with van der Waals surface area (Å²) in [5, 5.41) is 5.94. The van der Waals surface area contributed by atoms with E-state index in [0.29, 0.717) is 17.8 Å². The molecular weight excluding hydrogens is 412 g/mol. The van der Waals surface area contributed by atoms with Crippen molar-refractivity contribution in [2.24, 2.45) is 5.92 Å². The van der Waals surface area contributed by atoms with E-state index < -0.39 is 0 Å². The van der Waals surface area contributed by atoms with Gasteiger partial charge in [0.05, 0.1) is 5.57 Å². The predicted octanol–water partition coefficient (Wildman–Crippen LogP) is 4.72. The Morgan fingerprint density at radius 2 is 2.00 bits per heavy atom. The molecule has 1 aliphatic carbocycles. The van der Waals surface area contributed by atoms with Crippen molar-refractivity contribution in [2.45, 2.75) is 45.4 Å². The molecule has 2 aliphatic heterocycles. The van der Waals surface area contributed by atoms with Crippen molar-refractivity contribution in [1.29, 1.82) is 0 Å². The number of anilines is 1. The number of carbonyl (C=O) groups is 2. The first-order valence-electron chi connectivity index (χ1n) is 12.1. The largest absolute Gasteiger partial charge is 0.377 e. The first-order chi connectivity index (χ1) is 16.1. The molecule has 1 saturated heterocycles. The predicted molar refractivity (Wildman–Crippen MR) is 132 cm³/mol. The first kappa shape index (κ1) is 21.6. The van der Waals surface area contributed by atoms with Crippen LogP contribution < -0.4 is 10.6 Å². The number of allylic oxidation sites excluding steroid dienone is 1. The van der Waals surface area contributed by atoms with Crippen LogP contribution in [0.5, 0.6) is 0 Å². The molecule has 33 heavy (non-hydrogen) atoms. The molecule has 0 bridgehead atoms.